The molecular formula is C42H61N4O9PS. The molecule has 0 aliphatic carbocycles. The largest absolute Gasteiger partial charge is 0.428 e. The van der Waals surface area contributed by atoms with Gasteiger partial charge in [0.05, 0.1) is 30.8 Å². The van der Waals surface area contributed by atoms with Crippen molar-refractivity contribution >= 4 is 62.0 Å². The molecule has 3 atom stereocenters. The van der Waals surface area contributed by atoms with Gasteiger partial charge in [-0.25, -0.2) is 4.79 Å². The lowest BCUT2D eigenvalue weighted by Gasteiger charge is -2.31. The van der Waals surface area contributed by atoms with Gasteiger partial charge in [0.1, 0.15) is 6.10 Å². The third-order valence-electron chi connectivity index (χ3n) is 8.56. The average molecular weight is 829 g/mol. The molecule has 3 aromatic carbocycles. The number of esters is 2. The highest BCUT2D eigenvalue weighted by atomic mass is 32.1. The molecule has 0 aliphatic heterocycles. The summed E-state index contributed by atoms with van der Waals surface area (Å²) in [6, 6.07) is 22.2. The molecule has 0 saturated heterocycles. The van der Waals surface area contributed by atoms with Crippen LogP contribution in [0.5, 0.6) is 0 Å². The van der Waals surface area contributed by atoms with Gasteiger partial charge in [-0.3, -0.25) is 23.5 Å². The molecule has 0 aliphatic rings. The van der Waals surface area contributed by atoms with Crippen LogP contribution in [-0.2, 0) is 44.1 Å². The molecule has 15 heteroatoms. The summed E-state index contributed by atoms with van der Waals surface area (Å²) in [7, 11) is -3.54. The molecule has 314 valence electrons. The Kier molecular flexibility index (Phi) is 20.9. The van der Waals surface area contributed by atoms with Gasteiger partial charge in [0.25, 0.3) is 0 Å². The van der Waals surface area contributed by atoms with Gasteiger partial charge in [-0.1, -0.05) is 88.7 Å². The molecule has 0 radical (unpaired) electrons. The average Bonchev–Trinajstić information content (AvgIpc) is 3.13. The van der Waals surface area contributed by atoms with Gasteiger partial charge in [-0.05, 0) is 73.4 Å². The van der Waals surface area contributed by atoms with Crippen LogP contribution in [0.15, 0.2) is 72.8 Å². The number of aryl methyl sites for hydroxylation is 1. The lowest BCUT2D eigenvalue weighted by molar-refractivity contribution is -0.167. The Morgan fingerprint density at radius 1 is 0.825 bits per heavy atom. The molecule has 57 heavy (non-hydrogen) atoms. The van der Waals surface area contributed by atoms with E-state index in [0.29, 0.717) is 29.6 Å². The lowest BCUT2D eigenvalue weighted by Crippen LogP contribution is -2.35. The number of carbonyl (C=O) groups is 4. The van der Waals surface area contributed by atoms with Gasteiger partial charge in [-0.15, -0.1) is 0 Å². The Morgan fingerprint density at radius 2 is 1.46 bits per heavy atom. The van der Waals surface area contributed by atoms with Crippen LogP contribution in [-0.4, -0.2) is 63.1 Å². The number of amides is 3. The van der Waals surface area contributed by atoms with Crippen molar-refractivity contribution < 1.29 is 42.3 Å². The van der Waals surface area contributed by atoms with Crippen molar-refractivity contribution in [3.05, 3.63) is 89.5 Å². The summed E-state index contributed by atoms with van der Waals surface area (Å²) in [4.78, 5) is 53.2. The Hall–Kier alpha value is -4.36. The number of anilines is 3. The van der Waals surface area contributed by atoms with Crippen LogP contribution in [0.4, 0.5) is 21.9 Å². The van der Waals surface area contributed by atoms with Crippen molar-refractivity contribution in [2.24, 2.45) is 11.8 Å². The fourth-order valence-corrected chi connectivity index (χ4v) is 6.93. The van der Waals surface area contributed by atoms with Crippen LogP contribution < -0.4 is 20.9 Å². The van der Waals surface area contributed by atoms with E-state index in [9.17, 15) is 23.7 Å². The molecule has 0 aromatic heterocycles. The van der Waals surface area contributed by atoms with Crippen molar-refractivity contribution in [2.45, 2.75) is 86.4 Å². The van der Waals surface area contributed by atoms with Crippen LogP contribution in [0.25, 0.3) is 0 Å². The van der Waals surface area contributed by atoms with Gasteiger partial charge in [0.2, 0.25) is 12.7 Å². The predicted octanol–water partition coefficient (Wildman–Crippen LogP) is 8.75. The Bertz CT molecular complexity index is 1770. The first-order chi connectivity index (χ1) is 26.5. The number of urea groups is 1. The summed E-state index contributed by atoms with van der Waals surface area (Å²) in [5, 5.41) is 8.50. The summed E-state index contributed by atoms with van der Waals surface area (Å²) in [6.07, 6.45) is -0.650. The molecule has 0 spiro atoms. The van der Waals surface area contributed by atoms with Crippen LogP contribution in [0, 0.1) is 18.8 Å². The molecule has 3 rings (SSSR count). The van der Waals surface area contributed by atoms with Crippen molar-refractivity contribution in [3.63, 3.8) is 0 Å². The summed E-state index contributed by atoms with van der Waals surface area (Å²) in [5.74, 6) is -1.30. The standard InChI is InChI=1S/C42H59N4O9P.H2S/c1-9-34(24-40(48)53-28-52-39(47)21-22-43-41(49)32(7)55-56(8,51)54-27-33-13-11-10-12-14-33)35-17-20-38(46(25-29(2)3)26-30(4)5)37(23-35)45-42(50)44-36-18-15-31(6)16-19-36;/h10-20,23,29-30,32,34H,9,21-22,24-28H2,1-8H3,(H,43,49)(H2,44,45,50);1H2/t32-,34-,56?;/m0./s1. The van der Waals surface area contributed by atoms with E-state index in [0.717, 1.165) is 35.5 Å². The lowest BCUT2D eigenvalue weighted by atomic mass is 9.92. The number of ether oxygens (including phenoxy) is 2. The zero-order valence-corrected chi connectivity index (χ0v) is 36.4. The molecule has 3 N–H and O–H groups in total. The molecular weight excluding hydrogens is 768 g/mol. The quantitative estimate of drug-likeness (QED) is 0.0507. The maximum absolute atomic E-state index is 13.2. The maximum Gasteiger partial charge on any atom is 0.328 e. The number of hydrogen-bond acceptors (Lipinski definition) is 10. The second-order valence-electron chi connectivity index (χ2n) is 14.7. The third kappa shape index (κ3) is 18.2. The number of hydrogen-bond donors (Lipinski definition) is 3. The summed E-state index contributed by atoms with van der Waals surface area (Å²) in [5.41, 5.74) is 4.92. The zero-order valence-electron chi connectivity index (χ0n) is 34.5. The van der Waals surface area contributed by atoms with E-state index in [1.165, 1.54) is 13.6 Å². The van der Waals surface area contributed by atoms with E-state index in [1.807, 2.05) is 86.6 Å². The number of nitrogens with one attached hydrogen (secondary N) is 3. The highest BCUT2D eigenvalue weighted by Crippen LogP contribution is 2.46. The van der Waals surface area contributed by atoms with Crippen molar-refractivity contribution in [3.8, 4) is 0 Å². The Balaban J connectivity index is 0.0000112. The number of rotatable bonds is 22. The third-order valence-corrected chi connectivity index (χ3v) is 9.86. The van der Waals surface area contributed by atoms with Gasteiger partial charge in [-0.2, -0.15) is 13.5 Å². The van der Waals surface area contributed by atoms with Gasteiger partial charge in [0, 0.05) is 32.0 Å². The smallest absolute Gasteiger partial charge is 0.328 e. The minimum absolute atomic E-state index is 0. The topological polar surface area (TPSA) is 162 Å². The number of carbonyl (C=O) groups excluding carboxylic acids is 4. The van der Waals surface area contributed by atoms with Crippen molar-refractivity contribution in [2.75, 3.05) is 48.6 Å². The number of benzene rings is 3. The van der Waals surface area contributed by atoms with E-state index in [2.05, 4.69) is 48.5 Å². The second kappa shape index (κ2) is 24.4. The summed E-state index contributed by atoms with van der Waals surface area (Å²) < 4.78 is 33.7. The number of nitrogens with zero attached hydrogens (tertiary/aromatic N) is 1. The van der Waals surface area contributed by atoms with E-state index in [1.54, 1.807) is 0 Å². The Morgan fingerprint density at radius 3 is 2.07 bits per heavy atom. The van der Waals surface area contributed by atoms with E-state index in [4.69, 9.17) is 18.5 Å². The molecule has 3 amide bonds. The molecule has 0 bridgehead atoms. The normalized spacial score (nSPS) is 13.1. The van der Waals surface area contributed by atoms with E-state index in [-0.39, 0.29) is 51.4 Å². The fraction of sp³-hybridized carbons (Fsp3) is 0.476. The summed E-state index contributed by atoms with van der Waals surface area (Å²) in [6.45, 7) is 16.3. The molecule has 13 nitrogen and oxygen atoms in total. The zero-order chi connectivity index (χ0) is 41.3. The van der Waals surface area contributed by atoms with Crippen LogP contribution in [0.1, 0.15) is 83.4 Å². The second-order valence-corrected chi connectivity index (χ2v) is 16.7. The molecule has 0 fully saturated rings. The van der Waals surface area contributed by atoms with E-state index < -0.39 is 38.3 Å². The fourth-order valence-electron chi connectivity index (χ4n) is 5.81. The highest BCUT2D eigenvalue weighted by molar-refractivity contribution is 7.59. The molecule has 3 aromatic rings. The molecule has 0 heterocycles. The predicted molar refractivity (Wildman–Crippen MR) is 230 cm³/mol. The molecule has 1 unspecified atom stereocenters. The minimum atomic E-state index is -3.54. The van der Waals surface area contributed by atoms with Crippen LogP contribution in [0.3, 0.4) is 0 Å². The van der Waals surface area contributed by atoms with Gasteiger partial charge >= 0.3 is 25.6 Å². The van der Waals surface area contributed by atoms with E-state index >= 15 is 0 Å². The minimum Gasteiger partial charge on any atom is -0.428 e. The molecule has 0 saturated carbocycles. The SMILES string of the molecule is CC[C@@H](CC(=O)OCOC(=O)CCNC(=O)[C@H](C)OP(C)(=O)OCc1ccccc1)c1ccc(N(CC(C)C)CC(C)C)c(NC(=O)Nc2ccc(C)cc2)c1.S. The van der Waals surface area contributed by atoms with Crippen LogP contribution in [0.2, 0.25) is 0 Å². The van der Waals surface area contributed by atoms with Crippen molar-refractivity contribution in [1.82, 2.24) is 5.32 Å². The maximum atomic E-state index is 13.2. The first-order valence-corrected chi connectivity index (χ1v) is 21.1. The highest BCUT2D eigenvalue weighted by Gasteiger charge is 2.26. The van der Waals surface area contributed by atoms with Gasteiger partial charge < -0.3 is 34.8 Å². The first-order valence-electron chi connectivity index (χ1n) is 19.1. The van der Waals surface area contributed by atoms with Crippen molar-refractivity contribution in [1.29, 1.82) is 0 Å². The Labute approximate surface area is 344 Å². The summed E-state index contributed by atoms with van der Waals surface area (Å²) >= 11 is 0. The first kappa shape index (κ1) is 48.8. The monoisotopic (exact) mass is 828 g/mol. The van der Waals surface area contributed by atoms with Gasteiger partial charge in [0.15, 0.2) is 0 Å². The van der Waals surface area contributed by atoms with Crippen LogP contribution >= 0.6 is 21.1 Å².